The molecule has 1 N–H and O–H groups in total. The van der Waals surface area contributed by atoms with Crippen LogP contribution in [-0.2, 0) is 9.53 Å². The second-order valence-electron chi connectivity index (χ2n) is 9.08. The van der Waals surface area contributed by atoms with Crippen LogP contribution >= 0.6 is 0 Å². The van der Waals surface area contributed by atoms with Crippen molar-refractivity contribution in [3.05, 3.63) is 23.8 Å². The highest BCUT2D eigenvalue weighted by Crippen LogP contribution is 2.68. The van der Waals surface area contributed by atoms with E-state index in [9.17, 15) is 9.90 Å². The first kappa shape index (κ1) is 14.4. The molecule has 124 valence electrons. The number of fused-ring (bicyclic) bond motifs is 6. The quantitative estimate of drug-likeness (QED) is 0.699. The molecule has 1 saturated heterocycles. The highest BCUT2D eigenvalue weighted by atomic mass is 16.6. The molecule has 3 nitrogen and oxygen atoms in total. The molecule has 1 aliphatic heterocycles. The van der Waals surface area contributed by atoms with Crippen LogP contribution in [-0.4, -0.2) is 29.2 Å². The van der Waals surface area contributed by atoms with Crippen molar-refractivity contribution in [2.45, 2.75) is 57.7 Å². The van der Waals surface area contributed by atoms with Crippen LogP contribution < -0.4 is 0 Å². The third-order valence-corrected chi connectivity index (χ3v) is 8.17. The summed E-state index contributed by atoms with van der Waals surface area (Å²) in [7, 11) is 0. The molecule has 5 rings (SSSR count). The largest absolute Gasteiger partial charge is 0.393 e. The maximum atomic E-state index is 12.0. The lowest BCUT2D eigenvalue weighted by molar-refractivity contribution is -0.111. The number of hydrogen-bond acceptors (Lipinski definition) is 3. The van der Waals surface area contributed by atoms with Gasteiger partial charge in [-0.2, -0.15) is 0 Å². The molecule has 7 atom stereocenters. The molecule has 23 heavy (non-hydrogen) atoms. The Bertz CT molecular complexity index is 643. The molecule has 0 amide bonds. The topological polar surface area (TPSA) is 49.8 Å². The fourth-order valence-electron chi connectivity index (χ4n) is 6.78. The molecule has 0 aromatic heterocycles. The van der Waals surface area contributed by atoms with Crippen molar-refractivity contribution in [3.8, 4) is 0 Å². The van der Waals surface area contributed by atoms with E-state index in [1.807, 2.05) is 6.08 Å². The van der Waals surface area contributed by atoms with E-state index in [0.717, 1.165) is 38.7 Å². The summed E-state index contributed by atoms with van der Waals surface area (Å²) in [6.45, 7) is 5.39. The van der Waals surface area contributed by atoms with E-state index in [2.05, 4.69) is 19.9 Å². The highest BCUT2D eigenvalue weighted by Gasteiger charge is 2.66. The second-order valence-corrected chi connectivity index (χ2v) is 9.08. The summed E-state index contributed by atoms with van der Waals surface area (Å²) < 4.78 is 5.96. The normalized spacial score (nSPS) is 56.8. The fourth-order valence-corrected chi connectivity index (χ4v) is 6.78. The zero-order valence-corrected chi connectivity index (χ0v) is 14.0. The molecular formula is C20H26O3. The van der Waals surface area contributed by atoms with Gasteiger partial charge in [0.2, 0.25) is 0 Å². The molecule has 1 heterocycles. The maximum Gasteiger partial charge on any atom is 0.178 e. The third-order valence-electron chi connectivity index (χ3n) is 8.17. The van der Waals surface area contributed by atoms with E-state index in [-0.39, 0.29) is 28.3 Å². The van der Waals surface area contributed by atoms with Crippen molar-refractivity contribution in [2.75, 3.05) is 6.61 Å². The first-order valence-electron chi connectivity index (χ1n) is 9.17. The summed E-state index contributed by atoms with van der Waals surface area (Å²) in [5.74, 6) is 1.90. The number of carbonyl (C=O) groups is 1. The number of aliphatic hydroxyl groups is 1. The molecule has 0 aromatic carbocycles. The number of ether oxygens (including phenoxy) is 1. The minimum absolute atomic E-state index is 0.0395. The van der Waals surface area contributed by atoms with E-state index < -0.39 is 0 Å². The van der Waals surface area contributed by atoms with Gasteiger partial charge >= 0.3 is 0 Å². The zero-order chi connectivity index (χ0) is 16.0. The Balaban J connectivity index is 1.60. The Morgan fingerprint density at radius 3 is 2.74 bits per heavy atom. The minimum atomic E-state index is -0.178. The number of carbonyl (C=O) groups excluding carboxylic acids is 1. The predicted octanol–water partition coefficient (Wildman–Crippen LogP) is 3.03. The van der Waals surface area contributed by atoms with Gasteiger partial charge in [-0.3, -0.25) is 4.79 Å². The Kier molecular flexibility index (Phi) is 2.62. The lowest BCUT2D eigenvalue weighted by Crippen LogP contribution is -2.54. The van der Waals surface area contributed by atoms with Gasteiger partial charge in [0.25, 0.3) is 0 Å². The van der Waals surface area contributed by atoms with Crippen molar-refractivity contribution in [3.63, 3.8) is 0 Å². The number of rotatable bonds is 0. The molecule has 5 aliphatic rings. The summed E-state index contributed by atoms with van der Waals surface area (Å²) >= 11 is 0. The SMILES string of the molecule is C[C@]12CC[C@H]3[C@@H](C[C@@]4(CO4)C4=CC(=O)C=C[C@@]43C)[C@@H]1CC[C@@H]2O. The van der Waals surface area contributed by atoms with Gasteiger partial charge in [-0.05, 0) is 73.0 Å². The van der Waals surface area contributed by atoms with Gasteiger partial charge in [-0.15, -0.1) is 0 Å². The molecule has 3 heteroatoms. The third kappa shape index (κ3) is 1.65. The summed E-state index contributed by atoms with van der Waals surface area (Å²) in [5, 5.41) is 10.5. The van der Waals surface area contributed by atoms with Gasteiger partial charge in [0.1, 0.15) is 5.60 Å². The first-order chi connectivity index (χ1) is 10.9. The van der Waals surface area contributed by atoms with Crippen molar-refractivity contribution >= 4 is 5.78 Å². The highest BCUT2D eigenvalue weighted by molar-refractivity contribution is 6.01. The fraction of sp³-hybridized carbons (Fsp3) is 0.750. The van der Waals surface area contributed by atoms with Crippen LogP contribution in [0.5, 0.6) is 0 Å². The summed E-state index contributed by atoms with van der Waals surface area (Å²) in [5.41, 5.74) is 1.11. The summed E-state index contributed by atoms with van der Waals surface area (Å²) in [4.78, 5) is 12.0. The maximum absolute atomic E-state index is 12.0. The van der Waals surface area contributed by atoms with Crippen LogP contribution in [0.1, 0.15) is 46.0 Å². The number of hydrogen-bond donors (Lipinski definition) is 1. The number of allylic oxidation sites excluding steroid dienone is 3. The predicted molar refractivity (Wildman–Crippen MR) is 86.7 cm³/mol. The smallest absolute Gasteiger partial charge is 0.178 e. The summed E-state index contributed by atoms with van der Waals surface area (Å²) in [6.07, 6.45) is 11.1. The molecular weight excluding hydrogens is 288 g/mol. The lowest BCUT2D eigenvalue weighted by Gasteiger charge is -2.58. The molecule has 3 saturated carbocycles. The van der Waals surface area contributed by atoms with Crippen LogP contribution in [0.25, 0.3) is 0 Å². The van der Waals surface area contributed by atoms with Gasteiger partial charge in [0.15, 0.2) is 5.78 Å². The van der Waals surface area contributed by atoms with E-state index in [1.165, 1.54) is 5.57 Å². The van der Waals surface area contributed by atoms with Crippen LogP contribution in [0.15, 0.2) is 23.8 Å². The van der Waals surface area contributed by atoms with Gasteiger partial charge in [0.05, 0.1) is 12.7 Å². The van der Waals surface area contributed by atoms with Crippen molar-refractivity contribution in [1.29, 1.82) is 0 Å². The van der Waals surface area contributed by atoms with Gasteiger partial charge in [0, 0.05) is 5.41 Å². The lowest BCUT2D eigenvalue weighted by atomic mass is 9.46. The van der Waals surface area contributed by atoms with Crippen LogP contribution in [0.2, 0.25) is 0 Å². The standard InChI is InChI=1S/C20H26O3/c1-18-7-5-12(21)9-16(18)20(11-23-20)10-13-14-3-4-17(22)19(14,2)8-6-15(13)18/h5,7,9,13-15,17,22H,3-4,6,8,10-11H2,1-2H3/t13-,14-,15-,17-,18+,19-,20+/m0/s1. The number of aliphatic hydroxyl groups excluding tert-OH is 1. The van der Waals surface area contributed by atoms with Crippen LogP contribution in [0.3, 0.4) is 0 Å². The molecule has 0 aromatic rings. The average molecular weight is 314 g/mol. The molecule has 4 fully saturated rings. The molecule has 0 bridgehead atoms. The van der Waals surface area contributed by atoms with Gasteiger partial charge in [-0.25, -0.2) is 0 Å². The molecule has 0 unspecified atom stereocenters. The Labute approximate surface area is 137 Å². The first-order valence-corrected chi connectivity index (χ1v) is 9.17. The van der Waals surface area contributed by atoms with E-state index in [0.29, 0.717) is 17.8 Å². The Morgan fingerprint density at radius 2 is 2.00 bits per heavy atom. The van der Waals surface area contributed by atoms with Crippen LogP contribution in [0.4, 0.5) is 0 Å². The second kappa shape index (κ2) is 4.18. The summed E-state index contributed by atoms with van der Waals surface area (Å²) in [6, 6.07) is 0. The molecule has 4 aliphatic carbocycles. The van der Waals surface area contributed by atoms with Crippen molar-refractivity contribution in [1.82, 2.24) is 0 Å². The van der Waals surface area contributed by atoms with E-state index >= 15 is 0 Å². The van der Waals surface area contributed by atoms with Crippen molar-refractivity contribution < 1.29 is 14.6 Å². The minimum Gasteiger partial charge on any atom is -0.393 e. The molecule has 0 radical (unpaired) electrons. The van der Waals surface area contributed by atoms with Gasteiger partial charge < -0.3 is 9.84 Å². The van der Waals surface area contributed by atoms with Crippen LogP contribution in [0, 0.1) is 28.6 Å². The Hall–Kier alpha value is -0.930. The number of epoxide rings is 1. The average Bonchev–Trinajstić information content (AvgIpc) is 3.21. The zero-order valence-electron chi connectivity index (χ0n) is 14.0. The van der Waals surface area contributed by atoms with E-state index in [4.69, 9.17) is 4.74 Å². The Morgan fingerprint density at radius 1 is 1.22 bits per heavy atom. The van der Waals surface area contributed by atoms with E-state index in [1.54, 1.807) is 6.08 Å². The molecule has 1 spiro atoms. The van der Waals surface area contributed by atoms with Crippen molar-refractivity contribution in [2.24, 2.45) is 28.6 Å². The monoisotopic (exact) mass is 314 g/mol. The van der Waals surface area contributed by atoms with Gasteiger partial charge in [-0.1, -0.05) is 19.9 Å². The number of ketones is 1.